The molecular weight excluding hydrogens is 328 g/mol. The molecule has 2 N–H and O–H groups in total. The summed E-state index contributed by atoms with van der Waals surface area (Å²) in [6, 6.07) is 5.09. The number of hydrogen-bond donors (Lipinski definition) is 2. The fourth-order valence-corrected chi connectivity index (χ4v) is 3.18. The second-order valence-corrected chi connectivity index (χ2v) is 6.67. The Labute approximate surface area is 147 Å². The molecule has 0 saturated heterocycles. The van der Waals surface area contributed by atoms with Crippen molar-refractivity contribution in [3.8, 4) is 11.5 Å². The molecule has 124 valence electrons. The predicted octanol–water partition coefficient (Wildman–Crippen LogP) is 3.54. The van der Waals surface area contributed by atoms with Crippen LogP contribution in [0.3, 0.4) is 0 Å². The van der Waals surface area contributed by atoms with E-state index in [0.717, 1.165) is 23.6 Å². The van der Waals surface area contributed by atoms with Gasteiger partial charge in [0.05, 0.1) is 17.9 Å². The molecule has 0 unspecified atom stereocenters. The fourth-order valence-electron chi connectivity index (χ4n) is 2.48. The first-order valence-electron chi connectivity index (χ1n) is 7.56. The Morgan fingerprint density at radius 2 is 2.30 bits per heavy atom. The summed E-state index contributed by atoms with van der Waals surface area (Å²) < 4.78 is 6.14. The lowest BCUT2D eigenvalue weighted by Gasteiger charge is -2.09. The Balaban J connectivity index is 1.87. The highest BCUT2D eigenvalue weighted by atomic mass is 32.2. The molecule has 0 bridgehead atoms. The highest BCUT2D eigenvalue weighted by Gasteiger charge is 2.17. The van der Waals surface area contributed by atoms with E-state index in [1.54, 1.807) is 43.3 Å². The Kier molecular flexibility index (Phi) is 6.92. The summed E-state index contributed by atoms with van der Waals surface area (Å²) in [5.74, 6) is 0.905. The van der Waals surface area contributed by atoms with E-state index >= 15 is 0 Å². The van der Waals surface area contributed by atoms with Gasteiger partial charge in [0.15, 0.2) is 0 Å². The Morgan fingerprint density at radius 3 is 3.04 bits per heavy atom. The highest BCUT2D eigenvalue weighted by molar-refractivity contribution is 8.23. The van der Waals surface area contributed by atoms with Crippen LogP contribution in [0.15, 0.2) is 34.5 Å². The first-order valence-corrected chi connectivity index (χ1v) is 9.20. The molecule has 0 amide bonds. The zero-order valence-electron chi connectivity index (χ0n) is 13.5. The van der Waals surface area contributed by atoms with Gasteiger partial charge in [-0.25, -0.2) is 0 Å². The average molecular weight is 351 g/mol. The van der Waals surface area contributed by atoms with Crippen LogP contribution in [-0.2, 0) is 0 Å². The van der Waals surface area contributed by atoms with Crippen LogP contribution in [0.1, 0.15) is 24.8 Å². The van der Waals surface area contributed by atoms with Crippen molar-refractivity contribution in [3.05, 3.63) is 35.0 Å². The van der Waals surface area contributed by atoms with Crippen molar-refractivity contribution < 1.29 is 9.84 Å². The smallest absolute Gasteiger partial charge is 0.124 e. The molecule has 0 aliphatic heterocycles. The molecule has 0 fully saturated rings. The normalized spacial score (nSPS) is 14.5. The van der Waals surface area contributed by atoms with Gasteiger partial charge >= 0.3 is 0 Å². The Hall–Kier alpha value is -1.53. The van der Waals surface area contributed by atoms with E-state index in [0.29, 0.717) is 17.9 Å². The van der Waals surface area contributed by atoms with Crippen LogP contribution in [0.2, 0.25) is 0 Å². The maximum Gasteiger partial charge on any atom is 0.124 e. The molecule has 4 nitrogen and oxygen atoms in total. The molecule has 0 atom stereocenters. The molecule has 0 saturated carbocycles. The Morgan fingerprint density at radius 1 is 1.48 bits per heavy atom. The number of nitrogens with one attached hydrogen (secondary N) is 1. The molecule has 1 aromatic carbocycles. The van der Waals surface area contributed by atoms with Gasteiger partial charge in [-0.1, -0.05) is 12.2 Å². The maximum atomic E-state index is 9.80. The zero-order valence-corrected chi connectivity index (χ0v) is 15.1. The van der Waals surface area contributed by atoms with Crippen LogP contribution < -0.4 is 10.1 Å². The highest BCUT2D eigenvalue weighted by Crippen LogP contribution is 2.28. The number of phenols is 1. The number of benzene rings is 1. The molecule has 0 heterocycles. The predicted molar refractivity (Wildman–Crippen MR) is 102 cm³/mol. The van der Waals surface area contributed by atoms with E-state index in [-0.39, 0.29) is 5.75 Å². The first kappa shape index (κ1) is 17.8. The summed E-state index contributed by atoms with van der Waals surface area (Å²) in [5.41, 5.74) is 3.22. The van der Waals surface area contributed by atoms with Gasteiger partial charge in [-0.2, -0.15) is 0 Å². The lowest BCUT2D eigenvalue weighted by Crippen LogP contribution is -2.18. The lowest BCUT2D eigenvalue weighted by atomic mass is 10.2. The molecule has 6 heteroatoms. The topological polar surface area (TPSA) is 53.9 Å². The molecule has 0 spiro atoms. The molecular formula is C17H22N2O2S2. The van der Waals surface area contributed by atoms with E-state index in [2.05, 4.69) is 10.3 Å². The van der Waals surface area contributed by atoms with Crippen molar-refractivity contribution in [2.45, 2.75) is 19.3 Å². The molecule has 2 rings (SSSR count). The lowest BCUT2D eigenvalue weighted by molar-refractivity contribution is 0.412. The third kappa shape index (κ3) is 4.97. The van der Waals surface area contributed by atoms with Crippen molar-refractivity contribution in [2.75, 3.05) is 26.5 Å². The van der Waals surface area contributed by atoms with Crippen LogP contribution >= 0.6 is 24.0 Å². The van der Waals surface area contributed by atoms with Gasteiger partial charge in [-0.3, -0.25) is 4.99 Å². The summed E-state index contributed by atoms with van der Waals surface area (Å²) in [6.45, 7) is 1.40. The fraction of sp³-hybridized carbons (Fsp3) is 0.412. The molecule has 0 radical (unpaired) electrons. The van der Waals surface area contributed by atoms with Gasteiger partial charge < -0.3 is 15.2 Å². The number of phenolic OH excluding ortho intramolecular Hbond substituents is 1. The summed E-state index contributed by atoms with van der Waals surface area (Å²) >= 11 is 7.03. The number of thiocarbonyl (C=S) groups is 1. The monoisotopic (exact) mass is 350 g/mol. The minimum absolute atomic E-state index is 0.202. The second-order valence-electron chi connectivity index (χ2n) is 5.19. The molecule has 1 aromatic rings. The minimum atomic E-state index is 0.202. The van der Waals surface area contributed by atoms with Crippen LogP contribution in [0.4, 0.5) is 0 Å². The SMILES string of the molecule is COc1ccc(O)c(C=NCCNC2=C(C(=S)SC)CCC2)c1. The van der Waals surface area contributed by atoms with Crippen molar-refractivity contribution >= 4 is 34.4 Å². The van der Waals surface area contributed by atoms with Gasteiger partial charge in [0.1, 0.15) is 11.5 Å². The number of hydrogen-bond acceptors (Lipinski definition) is 6. The van der Waals surface area contributed by atoms with Crippen molar-refractivity contribution in [3.63, 3.8) is 0 Å². The van der Waals surface area contributed by atoms with E-state index in [4.69, 9.17) is 17.0 Å². The number of allylic oxidation sites excluding steroid dienone is 1. The number of rotatable bonds is 7. The zero-order chi connectivity index (χ0) is 16.7. The van der Waals surface area contributed by atoms with Gasteiger partial charge in [-0.15, -0.1) is 11.8 Å². The van der Waals surface area contributed by atoms with Crippen molar-refractivity contribution in [1.82, 2.24) is 5.32 Å². The molecule has 0 aromatic heterocycles. The number of ether oxygens (including phenoxy) is 1. The quantitative estimate of drug-likeness (QED) is 0.447. The van der Waals surface area contributed by atoms with Crippen LogP contribution in [-0.4, -0.2) is 42.0 Å². The third-order valence-corrected chi connectivity index (χ3v) is 5.06. The molecule has 1 aliphatic rings. The molecule has 1 aliphatic carbocycles. The van der Waals surface area contributed by atoms with E-state index in [1.807, 2.05) is 6.26 Å². The van der Waals surface area contributed by atoms with Crippen molar-refractivity contribution in [2.24, 2.45) is 4.99 Å². The number of aliphatic imine (C=N–C) groups is 1. The van der Waals surface area contributed by atoms with E-state index in [9.17, 15) is 5.11 Å². The van der Waals surface area contributed by atoms with Gasteiger partial charge in [0, 0.05) is 24.0 Å². The number of nitrogens with zero attached hydrogens (tertiary/aromatic N) is 1. The van der Waals surface area contributed by atoms with Gasteiger partial charge in [-0.05, 0) is 49.3 Å². The summed E-state index contributed by atoms with van der Waals surface area (Å²) in [7, 11) is 1.60. The summed E-state index contributed by atoms with van der Waals surface area (Å²) in [6.07, 6.45) is 7.00. The van der Waals surface area contributed by atoms with Crippen LogP contribution in [0.5, 0.6) is 11.5 Å². The van der Waals surface area contributed by atoms with Gasteiger partial charge in [0.2, 0.25) is 0 Å². The summed E-state index contributed by atoms with van der Waals surface area (Å²) in [5, 5.41) is 13.2. The second kappa shape index (κ2) is 8.93. The van der Waals surface area contributed by atoms with Gasteiger partial charge in [0.25, 0.3) is 0 Å². The maximum absolute atomic E-state index is 9.80. The largest absolute Gasteiger partial charge is 0.507 e. The van der Waals surface area contributed by atoms with E-state index < -0.39 is 0 Å². The number of methoxy groups -OCH3 is 1. The van der Waals surface area contributed by atoms with E-state index in [1.165, 1.54) is 17.7 Å². The molecule has 23 heavy (non-hydrogen) atoms. The number of aromatic hydroxyl groups is 1. The summed E-state index contributed by atoms with van der Waals surface area (Å²) in [4.78, 5) is 4.37. The standard InChI is InChI=1S/C17H22N2O2S2/c1-21-13-6-7-16(20)12(10-13)11-18-8-9-19-15-5-3-4-14(15)17(22)23-2/h6-7,10-11,19-20H,3-5,8-9H2,1-2H3. The number of thioether (sulfide) groups is 1. The van der Waals surface area contributed by atoms with Crippen LogP contribution in [0, 0.1) is 0 Å². The Bertz CT molecular complexity index is 627. The minimum Gasteiger partial charge on any atom is -0.507 e. The van der Waals surface area contributed by atoms with Crippen LogP contribution in [0.25, 0.3) is 0 Å². The van der Waals surface area contributed by atoms with Crippen molar-refractivity contribution in [1.29, 1.82) is 0 Å². The third-order valence-electron chi connectivity index (χ3n) is 3.69. The first-order chi connectivity index (χ1) is 11.2. The average Bonchev–Trinajstić information content (AvgIpc) is 3.04.